The van der Waals surface area contributed by atoms with Crippen LogP contribution >= 0.6 is 0 Å². The molecule has 1 aromatic carbocycles. The zero-order valence-corrected chi connectivity index (χ0v) is 17.3. The zero-order chi connectivity index (χ0) is 21.6. The van der Waals surface area contributed by atoms with Crippen LogP contribution in [0.3, 0.4) is 0 Å². The average molecular weight is 427 g/mol. The lowest BCUT2D eigenvalue weighted by molar-refractivity contribution is -0.117. The number of sulfonamides is 1. The van der Waals surface area contributed by atoms with Crippen LogP contribution in [0.5, 0.6) is 0 Å². The molecule has 0 aliphatic carbocycles. The molecular formula is C20H18FN5O3S. The fourth-order valence-corrected chi connectivity index (χ4v) is 4.44. The molecule has 10 heteroatoms. The number of aryl methyl sites for hydroxylation is 2. The first kappa shape index (κ1) is 19.9. The lowest BCUT2D eigenvalue weighted by Gasteiger charge is -2.11. The van der Waals surface area contributed by atoms with Crippen molar-refractivity contribution in [3.05, 3.63) is 59.4 Å². The minimum Gasteiger partial charge on any atom is -0.323 e. The molecule has 4 rings (SSSR count). The van der Waals surface area contributed by atoms with E-state index in [9.17, 15) is 17.6 Å². The zero-order valence-electron chi connectivity index (χ0n) is 16.5. The number of amides is 1. The highest BCUT2D eigenvalue weighted by atomic mass is 32.2. The first-order chi connectivity index (χ1) is 14.2. The maximum atomic E-state index is 14.6. The molecule has 0 fully saturated rings. The minimum absolute atomic E-state index is 0.271. The number of carbonyl (C=O) groups is 1. The van der Waals surface area contributed by atoms with Crippen molar-refractivity contribution in [3.8, 4) is 0 Å². The Bertz CT molecular complexity index is 1430. The van der Waals surface area contributed by atoms with Gasteiger partial charge in [0.2, 0.25) is 5.91 Å². The Morgan fingerprint density at radius 2 is 1.93 bits per heavy atom. The Hall–Kier alpha value is -3.40. The molecule has 1 N–H and O–H groups in total. The van der Waals surface area contributed by atoms with Gasteiger partial charge < -0.3 is 4.57 Å². The smallest absolute Gasteiger partial charge is 0.266 e. The summed E-state index contributed by atoms with van der Waals surface area (Å²) in [5, 5.41) is 0.823. The van der Waals surface area contributed by atoms with Crippen molar-refractivity contribution in [2.24, 2.45) is 0 Å². The fourth-order valence-electron chi connectivity index (χ4n) is 3.39. The van der Waals surface area contributed by atoms with Crippen molar-refractivity contribution in [3.63, 3.8) is 0 Å². The number of aromatic nitrogens is 4. The molecule has 4 aromatic rings. The first-order valence-corrected chi connectivity index (χ1v) is 10.5. The normalized spacial score (nSPS) is 11.9. The van der Waals surface area contributed by atoms with Gasteiger partial charge in [-0.1, -0.05) is 6.07 Å². The summed E-state index contributed by atoms with van der Waals surface area (Å²) in [6, 6.07) is 7.61. The second-order valence-electron chi connectivity index (χ2n) is 6.99. The number of hydrogen-bond acceptors (Lipinski definition) is 6. The predicted molar refractivity (Wildman–Crippen MR) is 109 cm³/mol. The molecule has 3 aromatic heterocycles. The fraction of sp³-hybridized carbons (Fsp3) is 0.200. The second-order valence-corrected chi connectivity index (χ2v) is 8.64. The van der Waals surface area contributed by atoms with Crippen LogP contribution in [0.4, 0.5) is 4.39 Å². The lowest BCUT2D eigenvalue weighted by atomic mass is 10.2. The van der Waals surface area contributed by atoms with E-state index < -0.39 is 26.6 Å². The Morgan fingerprint density at radius 1 is 1.17 bits per heavy atom. The van der Waals surface area contributed by atoms with E-state index >= 15 is 0 Å². The minimum atomic E-state index is -4.25. The van der Waals surface area contributed by atoms with Gasteiger partial charge in [0.15, 0.2) is 5.65 Å². The topological polar surface area (TPSA) is 107 Å². The van der Waals surface area contributed by atoms with Crippen LogP contribution in [0.15, 0.2) is 41.4 Å². The molecule has 0 radical (unpaired) electrons. The summed E-state index contributed by atoms with van der Waals surface area (Å²) in [6.07, 6.45) is 1.65. The Kier molecular flexibility index (Phi) is 4.73. The summed E-state index contributed by atoms with van der Waals surface area (Å²) >= 11 is 0. The Morgan fingerprint density at radius 3 is 2.63 bits per heavy atom. The standard InChI is InChI=1S/C20H18FN5O3S/c1-11-4-6-15-19-17(9-22-20(15)23-11)24-12(2)26(19)10-14-5-7-18(16(21)8-14)30(28,29)25-13(3)27/h4-9H,10H2,1-3H3,(H,25,27). The first-order valence-electron chi connectivity index (χ1n) is 9.07. The van der Waals surface area contributed by atoms with Gasteiger partial charge in [-0.3, -0.25) is 4.79 Å². The van der Waals surface area contributed by atoms with E-state index in [1.54, 1.807) is 10.9 Å². The summed E-state index contributed by atoms with van der Waals surface area (Å²) in [7, 11) is -4.25. The van der Waals surface area contributed by atoms with E-state index in [1.807, 2.05) is 30.5 Å². The molecule has 0 aliphatic rings. The number of rotatable bonds is 4. The number of imidazole rings is 1. The molecule has 0 aliphatic heterocycles. The third-order valence-electron chi connectivity index (χ3n) is 4.67. The SMILES string of the molecule is CC(=O)NS(=O)(=O)c1ccc(Cn2c(C)nc3cnc4nc(C)ccc4c32)cc1F. The molecule has 0 bridgehead atoms. The molecule has 0 saturated carbocycles. The molecule has 154 valence electrons. The van der Waals surface area contributed by atoms with Crippen LogP contribution in [0.1, 0.15) is 24.0 Å². The maximum Gasteiger partial charge on any atom is 0.266 e. The molecular weight excluding hydrogens is 409 g/mol. The Labute approximate surface area is 171 Å². The Balaban J connectivity index is 1.79. The highest BCUT2D eigenvalue weighted by Gasteiger charge is 2.21. The van der Waals surface area contributed by atoms with Crippen molar-refractivity contribution in [1.82, 2.24) is 24.2 Å². The number of nitrogens with one attached hydrogen (secondary N) is 1. The van der Waals surface area contributed by atoms with Crippen molar-refractivity contribution in [2.45, 2.75) is 32.2 Å². The number of benzene rings is 1. The van der Waals surface area contributed by atoms with Crippen molar-refractivity contribution < 1.29 is 17.6 Å². The van der Waals surface area contributed by atoms with Crippen LogP contribution in [-0.2, 0) is 21.4 Å². The van der Waals surface area contributed by atoms with Crippen LogP contribution in [0.25, 0.3) is 22.1 Å². The summed E-state index contributed by atoms with van der Waals surface area (Å²) in [6.45, 7) is 5.03. The van der Waals surface area contributed by atoms with Gasteiger partial charge in [0.05, 0.1) is 11.7 Å². The molecule has 3 heterocycles. The molecule has 30 heavy (non-hydrogen) atoms. The van der Waals surface area contributed by atoms with Gasteiger partial charge in [-0.2, -0.15) is 0 Å². The molecule has 1 amide bonds. The van der Waals surface area contributed by atoms with Gasteiger partial charge in [0.25, 0.3) is 10.0 Å². The number of nitrogens with zero attached hydrogens (tertiary/aromatic N) is 4. The second kappa shape index (κ2) is 7.13. The third-order valence-corrected chi connectivity index (χ3v) is 6.13. The highest BCUT2D eigenvalue weighted by Crippen LogP contribution is 2.25. The summed E-state index contributed by atoms with van der Waals surface area (Å²) in [5.74, 6) is -1.02. The van der Waals surface area contributed by atoms with Gasteiger partial charge >= 0.3 is 0 Å². The van der Waals surface area contributed by atoms with Gasteiger partial charge in [-0.15, -0.1) is 0 Å². The largest absolute Gasteiger partial charge is 0.323 e. The van der Waals surface area contributed by atoms with E-state index in [-0.39, 0.29) is 6.54 Å². The summed E-state index contributed by atoms with van der Waals surface area (Å²) in [5.41, 5.74) is 3.49. The van der Waals surface area contributed by atoms with Crippen LogP contribution in [0, 0.1) is 19.7 Å². The van der Waals surface area contributed by atoms with Crippen molar-refractivity contribution >= 4 is 38.0 Å². The van der Waals surface area contributed by atoms with Crippen LogP contribution in [0.2, 0.25) is 0 Å². The molecule has 0 saturated heterocycles. The molecule has 0 unspecified atom stereocenters. The highest BCUT2D eigenvalue weighted by molar-refractivity contribution is 7.90. The monoisotopic (exact) mass is 427 g/mol. The van der Waals surface area contributed by atoms with E-state index in [0.29, 0.717) is 22.6 Å². The molecule has 0 spiro atoms. The molecule has 8 nitrogen and oxygen atoms in total. The number of hydrogen-bond donors (Lipinski definition) is 1. The summed E-state index contributed by atoms with van der Waals surface area (Å²) < 4.78 is 42.4. The molecule has 0 atom stereocenters. The van der Waals surface area contributed by atoms with Gasteiger partial charge in [0.1, 0.15) is 22.1 Å². The van der Waals surface area contributed by atoms with Crippen molar-refractivity contribution in [1.29, 1.82) is 0 Å². The number of halogens is 1. The number of pyridine rings is 2. The van der Waals surface area contributed by atoms with Gasteiger partial charge in [0, 0.05) is 24.5 Å². The van der Waals surface area contributed by atoms with E-state index in [2.05, 4.69) is 15.0 Å². The maximum absolute atomic E-state index is 14.6. The summed E-state index contributed by atoms with van der Waals surface area (Å²) in [4.78, 5) is 23.8. The van der Waals surface area contributed by atoms with Gasteiger partial charge in [-0.05, 0) is 43.7 Å². The average Bonchev–Trinajstić information content (AvgIpc) is 2.96. The van der Waals surface area contributed by atoms with E-state index in [1.165, 1.54) is 6.07 Å². The number of carbonyl (C=O) groups excluding carboxylic acids is 1. The quantitative estimate of drug-likeness (QED) is 0.537. The lowest BCUT2D eigenvalue weighted by Crippen LogP contribution is -2.28. The van der Waals surface area contributed by atoms with Crippen molar-refractivity contribution in [2.75, 3.05) is 0 Å². The van der Waals surface area contributed by atoms with E-state index in [4.69, 9.17) is 0 Å². The van der Waals surface area contributed by atoms with Crippen LogP contribution < -0.4 is 4.72 Å². The third kappa shape index (κ3) is 3.50. The van der Waals surface area contributed by atoms with E-state index in [0.717, 1.165) is 35.7 Å². The predicted octanol–water partition coefficient (Wildman–Crippen LogP) is 2.61. The number of fused-ring (bicyclic) bond motifs is 3. The van der Waals surface area contributed by atoms with Crippen LogP contribution in [-0.4, -0.2) is 33.8 Å². The van der Waals surface area contributed by atoms with Gasteiger partial charge in [-0.25, -0.2) is 32.5 Å².